The van der Waals surface area contributed by atoms with Crippen LogP contribution in [0.2, 0.25) is 5.02 Å². The summed E-state index contributed by atoms with van der Waals surface area (Å²) in [6.07, 6.45) is 0. The molecule has 4 nitrogen and oxygen atoms in total. The van der Waals surface area contributed by atoms with Crippen LogP contribution in [0.5, 0.6) is 0 Å². The summed E-state index contributed by atoms with van der Waals surface area (Å²) in [6.45, 7) is 1.76. The molecule has 0 spiro atoms. The van der Waals surface area contributed by atoms with Gasteiger partial charge in [0, 0.05) is 0 Å². The summed E-state index contributed by atoms with van der Waals surface area (Å²) in [6, 6.07) is 9.77. The Kier molecular flexibility index (Phi) is 4.69. The Morgan fingerprint density at radius 3 is 2.83 bits per heavy atom. The number of nitrogens with one attached hydrogen (secondary N) is 1. The molecular weight excluding hydrogens is 351 g/mol. The van der Waals surface area contributed by atoms with Gasteiger partial charge in [-0.3, -0.25) is 4.79 Å². The molecule has 1 atom stereocenters. The van der Waals surface area contributed by atoms with Crippen LogP contribution in [0.3, 0.4) is 0 Å². The highest BCUT2D eigenvalue weighted by Gasteiger charge is 2.17. The van der Waals surface area contributed by atoms with Gasteiger partial charge < -0.3 is 10.1 Å². The molecular formula is C17H14ClFN2O2S. The van der Waals surface area contributed by atoms with Crippen LogP contribution in [0.1, 0.15) is 18.4 Å². The molecule has 1 aromatic heterocycles. The van der Waals surface area contributed by atoms with Crippen LogP contribution < -0.4 is 5.32 Å². The van der Waals surface area contributed by atoms with Crippen LogP contribution >= 0.6 is 22.9 Å². The van der Waals surface area contributed by atoms with Crippen LogP contribution in [-0.4, -0.2) is 18.1 Å². The van der Waals surface area contributed by atoms with Gasteiger partial charge in [0.2, 0.25) is 0 Å². The zero-order valence-electron chi connectivity index (χ0n) is 13.0. The number of thiazole rings is 1. The van der Waals surface area contributed by atoms with E-state index in [0.29, 0.717) is 15.8 Å². The maximum atomic E-state index is 13.3. The first-order valence-electron chi connectivity index (χ1n) is 7.18. The number of benzene rings is 2. The van der Waals surface area contributed by atoms with E-state index in [1.807, 2.05) is 6.07 Å². The Balaban J connectivity index is 1.85. The number of rotatable bonds is 4. The van der Waals surface area contributed by atoms with Gasteiger partial charge in [0.25, 0.3) is 0 Å². The Labute approximate surface area is 147 Å². The number of carbonyl (C=O) groups excluding carboxylic acids is 1. The number of hydrogen-bond acceptors (Lipinski definition) is 5. The van der Waals surface area contributed by atoms with Crippen LogP contribution in [-0.2, 0) is 9.53 Å². The molecule has 24 heavy (non-hydrogen) atoms. The fourth-order valence-corrected chi connectivity index (χ4v) is 3.42. The third kappa shape index (κ3) is 3.34. The van der Waals surface area contributed by atoms with E-state index in [1.54, 1.807) is 25.1 Å². The lowest BCUT2D eigenvalue weighted by Crippen LogP contribution is -2.10. The van der Waals surface area contributed by atoms with E-state index in [4.69, 9.17) is 16.3 Å². The maximum Gasteiger partial charge on any atom is 0.312 e. The van der Waals surface area contributed by atoms with Crippen molar-refractivity contribution in [3.05, 3.63) is 52.8 Å². The fourth-order valence-electron chi connectivity index (χ4n) is 2.28. The molecule has 0 saturated heterocycles. The SMILES string of the molecule is COC(=O)C(C)c1ccc(Nc2nc3ccc(F)cc3s2)c(Cl)c1. The predicted molar refractivity (Wildman–Crippen MR) is 94.7 cm³/mol. The summed E-state index contributed by atoms with van der Waals surface area (Å²) in [5, 5.41) is 4.21. The molecule has 0 aliphatic rings. The minimum atomic E-state index is -0.396. The number of anilines is 2. The number of hydrogen-bond donors (Lipinski definition) is 1. The van der Waals surface area contributed by atoms with Gasteiger partial charge in [0.1, 0.15) is 5.82 Å². The molecule has 124 valence electrons. The van der Waals surface area contributed by atoms with Crippen molar-refractivity contribution >= 4 is 49.9 Å². The van der Waals surface area contributed by atoms with E-state index in [-0.39, 0.29) is 11.8 Å². The normalized spacial score (nSPS) is 12.2. The van der Waals surface area contributed by atoms with Crippen molar-refractivity contribution in [2.75, 3.05) is 12.4 Å². The number of esters is 1. The minimum Gasteiger partial charge on any atom is -0.469 e. The average molecular weight is 365 g/mol. The molecule has 0 saturated carbocycles. The quantitative estimate of drug-likeness (QED) is 0.653. The summed E-state index contributed by atoms with van der Waals surface area (Å²) in [5.74, 6) is -1.01. The first kappa shape index (κ1) is 16.7. The molecule has 0 radical (unpaired) electrons. The number of ether oxygens (including phenoxy) is 1. The molecule has 2 aromatic carbocycles. The standard InChI is InChI=1S/C17H14ClFN2O2S/c1-9(16(22)23-2)10-3-5-13(12(18)7-10)20-17-21-14-6-4-11(19)8-15(14)24-17/h3-9H,1-2H3,(H,20,21). The second kappa shape index (κ2) is 6.75. The topological polar surface area (TPSA) is 51.2 Å². The number of methoxy groups -OCH3 is 1. The van der Waals surface area contributed by atoms with Gasteiger partial charge in [-0.05, 0) is 42.8 Å². The molecule has 0 aliphatic heterocycles. The molecule has 3 aromatic rings. The number of halogens is 2. The monoisotopic (exact) mass is 364 g/mol. The van der Waals surface area contributed by atoms with Crippen molar-refractivity contribution in [2.45, 2.75) is 12.8 Å². The first-order chi connectivity index (χ1) is 11.5. The van der Waals surface area contributed by atoms with E-state index in [1.165, 1.54) is 30.6 Å². The van der Waals surface area contributed by atoms with Gasteiger partial charge in [-0.25, -0.2) is 9.37 Å². The Bertz CT molecular complexity index is 913. The Morgan fingerprint density at radius 1 is 1.33 bits per heavy atom. The second-order valence-corrected chi connectivity index (χ2v) is 6.68. The lowest BCUT2D eigenvalue weighted by atomic mass is 10.0. The molecule has 0 amide bonds. The van der Waals surface area contributed by atoms with Gasteiger partial charge in [0.05, 0.1) is 34.0 Å². The lowest BCUT2D eigenvalue weighted by molar-refractivity contribution is -0.141. The van der Waals surface area contributed by atoms with Crippen LogP contribution in [0.4, 0.5) is 15.2 Å². The van der Waals surface area contributed by atoms with Crippen LogP contribution in [0.25, 0.3) is 10.2 Å². The zero-order valence-corrected chi connectivity index (χ0v) is 14.5. The maximum absolute atomic E-state index is 13.3. The van der Waals surface area contributed by atoms with Crippen molar-refractivity contribution in [3.8, 4) is 0 Å². The van der Waals surface area contributed by atoms with Gasteiger partial charge in [-0.1, -0.05) is 29.0 Å². The molecule has 3 rings (SSSR count). The third-order valence-corrected chi connectivity index (χ3v) is 4.89. The van der Waals surface area contributed by atoms with Crippen molar-refractivity contribution in [1.29, 1.82) is 0 Å². The largest absolute Gasteiger partial charge is 0.469 e. The van der Waals surface area contributed by atoms with Gasteiger partial charge in [0.15, 0.2) is 5.13 Å². The van der Waals surface area contributed by atoms with Crippen LogP contribution in [0.15, 0.2) is 36.4 Å². The average Bonchev–Trinajstić information content (AvgIpc) is 2.96. The molecule has 1 N–H and O–H groups in total. The van der Waals surface area contributed by atoms with E-state index < -0.39 is 5.92 Å². The minimum absolute atomic E-state index is 0.295. The van der Waals surface area contributed by atoms with E-state index >= 15 is 0 Å². The highest BCUT2D eigenvalue weighted by molar-refractivity contribution is 7.22. The first-order valence-corrected chi connectivity index (χ1v) is 8.38. The van der Waals surface area contributed by atoms with Gasteiger partial charge in [-0.2, -0.15) is 0 Å². The predicted octanol–water partition coefficient (Wildman–Crippen LogP) is 5.11. The molecule has 7 heteroatoms. The lowest BCUT2D eigenvalue weighted by Gasteiger charge is -2.12. The fraction of sp³-hybridized carbons (Fsp3) is 0.176. The highest BCUT2D eigenvalue weighted by atomic mass is 35.5. The molecule has 0 fully saturated rings. The van der Waals surface area contributed by atoms with Gasteiger partial charge in [-0.15, -0.1) is 0 Å². The summed E-state index contributed by atoms with van der Waals surface area (Å²) in [7, 11) is 1.35. The molecule has 1 heterocycles. The van der Waals surface area contributed by atoms with E-state index in [2.05, 4.69) is 10.3 Å². The van der Waals surface area contributed by atoms with E-state index in [0.717, 1.165) is 15.8 Å². The number of carbonyl (C=O) groups is 1. The second-order valence-electron chi connectivity index (χ2n) is 5.24. The van der Waals surface area contributed by atoms with E-state index in [9.17, 15) is 9.18 Å². The van der Waals surface area contributed by atoms with Crippen molar-refractivity contribution in [1.82, 2.24) is 4.98 Å². The molecule has 1 unspecified atom stereocenters. The summed E-state index contributed by atoms with van der Waals surface area (Å²) < 4.78 is 18.7. The third-order valence-electron chi connectivity index (χ3n) is 3.64. The number of aromatic nitrogens is 1. The molecule has 0 aliphatic carbocycles. The Hall–Kier alpha value is -2.18. The van der Waals surface area contributed by atoms with Crippen LogP contribution in [0, 0.1) is 5.82 Å². The summed E-state index contributed by atoms with van der Waals surface area (Å²) in [5.41, 5.74) is 2.15. The highest BCUT2D eigenvalue weighted by Crippen LogP contribution is 2.33. The van der Waals surface area contributed by atoms with Crippen molar-refractivity contribution in [3.63, 3.8) is 0 Å². The number of fused-ring (bicyclic) bond motifs is 1. The summed E-state index contributed by atoms with van der Waals surface area (Å²) in [4.78, 5) is 16.0. The van der Waals surface area contributed by atoms with Gasteiger partial charge >= 0.3 is 5.97 Å². The van der Waals surface area contributed by atoms with Crippen molar-refractivity contribution < 1.29 is 13.9 Å². The molecule has 0 bridgehead atoms. The number of nitrogens with zero attached hydrogens (tertiary/aromatic N) is 1. The smallest absolute Gasteiger partial charge is 0.312 e. The Morgan fingerprint density at radius 2 is 2.12 bits per heavy atom. The summed E-state index contributed by atoms with van der Waals surface area (Å²) >= 11 is 7.64. The zero-order chi connectivity index (χ0) is 17.3. The van der Waals surface area contributed by atoms with Crippen molar-refractivity contribution in [2.24, 2.45) is 0 Å².